The second kappa shape index (κ2) is 7.50. The van der Waals surface area contributed by atoms with Gasteiger partial charge in [0.05, 0.1) is 18.4 Å². The molecule has 20 heavy (non-hydrogen) atoms. The minimum Gasteiger partial charge on any atom is -0.492 e. The number of rotatable bonds is 8. The van der Waals surface area contributed by atoms with Crippen LogP contribution >= 0.6 is 0 Å². The molecule has 0 amide bonds. The Morgan fingerprint density at radius 2 is 2.10 bits per heavy atom. The topological polar surface area (TPSA) is 51.5 Å². The van der Waals surface area contributed by atoms with Crippen molar-refractivity contribution in [3.05, 3.63) is 54.0 Å². The molecule has 0 unspecified atom stereocenters. The molecule has 0 saturated carbocycles. The number of carbonyl (C=O) groups is 1. The molecule has 0 aliphatic rings. The molecular weight excluding hydrogens is 254 g/mol. The number of hydrogen-bond acceptors (Lipinski definition) is 4. The van der Waals surface area contributed by atoms with E-state index in [-0.39, 0.29) is 5.78 Å². The molecule has 1 heterocycles. The maximum atomic E-state index is 11.8. The molecule has 0 aliphatic carbocycles. The Bertz CT molecular complexity index is 534. The van der Waals surface area contributed by atoms with Crippen LogP contribution in [0.25, 0.3) is 0 Å². The van der Waals surface area contributed by atoms with Crippen LogP contribution in [0.3, 0.4) is 0 Å². The molecule has 2 aromatic rings. The predicted octanol–water partition coefficient (Wildman–Crippen LogP) is 3.04. The van der Waals surface area contributed by atoms with E-state index in [2.05, 4.69) is 5.32 Å². The molecule has 0 fully saturated rings. The van der Waals surface area contributed by atoms with Crippen molar-refractivity contribution >= 4 is 5.78 Å². The Morgan fingerprint density at radius 1 is 1.25 bits per heavy atom. The highest BCUT2D eigenvalue weighted by atomic mass is 16.5. The summed E-state index contributed by atoms with van der Waals surface area (Å²) >= 11 is 0. The van der Waals surface area contributed by atoms with E-state index in [0.29, 0.717) is 37.4 Å². The zero-order chi connectivity index (χ0) is 14.2. The molecule has 4 nitrogen and oxygen atoms in total. The summed E-state index contributed by atoms with van der Waals surface area (Å²) in [5.41, 5.74) is 0.654. The first-order valence-electron chi connectivity index (χ1n) is 6.79. The molecule has 1 N–H and O–H groups in total. The molecule has 106 valence electrons. The van der Waals surface area contributed by atoms with Gasteiger partial charge in [0.15, 0.2) is 5.78 Å². The van der Waals surface area contributed by atoms with Gasteiger partial charge in [-0.3, -0.25) is 4.79 Å². The molecule has 1 aromatic heterocycles. The second-order valence-corrected chi connectivity index (χ2v) is 4.38. The lowest BCUT2D eigenvalue weighted by Crippen LogP contribution is -2.20. The molecule has 0 radical (unpaired) electrons. The monoisotopic (exact) mass is 273 g/mol. The van der Waals surface area contributed by atoms with Gasteiger partial charge in [0, 0.05) is 13.0 Å². The minimum absolute atomic E-state index is 0.101. The molecule has 0 saturated heterocycles. The third-order valence-electron chi connectivity index (χ3n) is 2.92. The fourth-order valence-electron chi connectivity index (χ4n) is 1.87. The summed E-state index contributed by atoms with van der Waals surface area (Å²) in [4.78, 5) is 11.8. The first-order valence-corrected chi connectivity index (χ1v) is 6.79. The van der Waals surface area contributed by atoms with Gasteiger partial charge in [-0.1, -0.05) is 19.1 Å². The molecule has 2 rings (SSSR count). The number of carbonyl (C=O) groups excluding carboxylic acids is 1. The van der Waals surface area contributed by atoms with Crippen molar-refractivity contribution in [2.24, 2.45) is 0 Å². The highest BCUT2D eigenvalue weighted by Crippen LogP contribution is 2.19. The number of nitrogens with one attached hydrogen (secondary N) is 1. The van der Waals surface area contributed by atoms with Crippen molar-refractivity contribution in [2.75, 3.05) is 13.2 Å². The van der Waals surface area contributed by atoms with Gasteiger partial charge < -0.3 is 14.5 Å². The van der Waals surface area contributed by atoms with E-state index >= 15 is 0 Å². The second-order valence-electron chi connectivity index (χ2n) is 4.38. The Labute approximate surface area is 118 Å². The maximum absolute atomic E-state index is 11.8. The van der Waals surface area contributed by atoms with Crippen LogP contribution in [0.15, 0.2) is 47.1 Å². The van der Waals surface area contributed by atoms with Gasteiger partial charge in [-0.15, -0.1) is 0 Å². The lowest BCUT2D eigenvalue weighted by atomic mass is 10.1. The Kier molecular flexibility index (Phi) is 5.38. The summed E-state index contributed by atoms with van der Waals surface area (Å²) in [5, 5.41) is 3.22. The average molecular weight is 273 g/mol. The van der Waals surface area contributed by atoms with E-state index in [0.717, 1.165) is 5.76 Å². The number of para-hydroxylation sites is 1. The van der Waals surface area contributed by atoms with Gasteiger partial charge in [0.25, 0.3) is 0 Å². The summed E-state index contributed by atoms with van der Waals surface area (Å²) in [5.74, 6) is 1.65. The number of Topliss-reactive ketones (excluding diaryl/α,β-unsaturated/α-hetero) is 1. The highest BCUT2D eigenvalue weighted by molar-refractivity contribution is 5.98. The summed E-state index contributed by atoms with van der Waals surface area (Å²) in [7, 11) is 0. The van der Waals surface area contributed by atoms with E-state index in [1.165, 1.54) is 0 Å². The number of ether oxygens (including phenoxy) is 1. The largest absolute Gasteiger partial charge is 0.492 e. The van der Waals surface area contributed by atoms with Crippen molar-refractivity contribution in [1.82, 2.24) is 5.32 Å². The first kappa shape index (κ1) is 14.3. The van der Waals surface area contributed by atoms with Crippen LogP contribution < -0.4 is 10.1 Å². The SMILES string of the molecule is CCC(=O)c1ccccc1OCCNCc1ccco1. The number of furan rings is 1. The molecule has 4 heteroatoms. The number of benzene rings is 1. The minimum atomic E-state index is 0.101. The normalized spacial score (nSPS) is 10.4. The van der Waals surface area contributed by atoms with Crippen molar-refractivity contribution in [3.8, 4) is 5.75 Å². The molecule has 0 atom stereocenters. The number of hydrogen-bond donors (Lipinski definition) is 1. The quantitative estimate of drug-likeness (QED) is 0.593. The maximum Gasteiger partial charge on any atom is 0.166 e. The third-order valence-corrected chi connectivity index (χ3v) is 2.92. The van der Waals surface area contributed by atoms with Crippen LogP contribution in [0, 0.1) is 0 Å². The van der Waals surface area contributed by atoms with Crippen molar-refractivity contribution < 1.29 is 13.9 Å². The van der Waals surface area contributed by atoms with Gasteiger partial charge in [0.2, 0.25) is 0 Å². The lowest BCUT2D eigenvalue weighted by Gasteiger charge is -2.10. The van der Waals surface area contributed by atoms with Gasteiger partial charge in [-0.05, 0) is 24.3 Å². The van der Waals surface area contributed by atoms with Gasteiger partial charge >= 0.3 is 0 Å². The Morgan fingerprint density at radius 3 is 2.85 bits per heavy atom. The lowest BCUT2D eigenvalue weighted by molar-refractivity contribution is 0.0984. The van der Waals surface area contributed by atoms with E-state index in [1.54, 1.807) is 12.3 Å². The average Bonchev–Trinajstić information content (AvgIpc) is 3.00. The smallest absolute Gasteiger partial charge is 0.166 e. The van der Waals surface area contributed by atoms with E-state index in [4.69, 9.17) is 9.15 Å². The van der Waals surface area contributed by atoms with Crippen LogP contribution in [-0.4, -0.2) is 18.9 Å². The zero-order valence-corrected chi connectivity index (χ0v) is 11.6. The molecule has 0 aliphatic heterocycles. The van der Waals surface area contributed by atoms with Crippen molar-refractivity contribution in [1.29, 1.82) is 0 Å². The van der Waals surface area contributed by atoms with Gasteiger partial charge in [-0.2, -0.15) is 0 Å². The fraction of sp³-hybridized carbons (Fsp3) is 0.312. The van der Waals surface area contributed by atoms with E-state index in [1.807, 2.05) is 37.3 Å². The van der Waals surface area contributed by atoms with E-state index in [9.17, 15) is 4.79 Å². The summed E-state index contributed by atoms with van der Waals surface area (Å²) in [6, 6.07) is 11.1. The first-order chi connectivity index (χ1) is 9.81. The van der Waals surface area contributed by atoms with Crippen LogP contribution in [0.4, 0.5) is 0 Å². The van der Waals surface area contributed by atoms with Crippen molar-refractivity contribution in [3.63, 3.8) is 0 Å². The number of ketones is 1. The third kappa shape index (κ3) is 3.96. The molecule has 1 aromatic carbocycles. The summed E-state index contributed by atoms with van der Waals surface area (Å²) in [6.07, 6.45) is 2.14. The standard InChI is InChI=1S/C16H19NO3/c1-2-15(18)14-7-3-4-8-16(14)20-11-9-17-12-13-6-5-10-19-13/h3-8,10,17H,2,9,11-12H2,1H3. The fourth-order valence-corrected chi connectivity index (χ4v) is 1.87. The zero-order valence-electron chi connectivity index (χ0n) is 11.6. The van der Waals surface area contributed by atoms with E-state index < -0.39 is 0 Å². The molecule has 0 spiro atoms. The van der Waals surface area contributed by atoms with Crippen LogP contribution in [-0.2, 0) is 6.54 Å². The predicted molar refractivity (Wildman–Crippen MR) is 77.0 cm³/mol. The highest BCUT2D eigenvalue weighted by Gasteiger charge is 2.09. The van der Waals surface area contributed by atoms with Crippen LogP contribution in [0.2, 0.25) is 0 Å². The Hall–Kier alpha value is -2.07. The molecular formula is C16H19NO3. The molecule has 0 bridgehead atoms. The summed E-state index contributed by atoms with van der Waals surface area (Å²) in [6.45, 7) is 3.72. The van der Waals surface area contributed by atoms with Crippen molar-refractivity contribution in [2.45, 2.75) is 19.9 Å². The van der Waals surface area contributed by atoms with Crippen LogP contribution in [0.1, 0.15) is 29.5 Å². The summed E-state index contributed by atoms with van der Waals surface area (Å²) < 4.78 is 10.9. The van der Waals surface area contributed by atoms with Gasteiger partial charge in [0.1, 0.15) is 18.1 Å². The Balaban J connectivity index is 1.78. The van der Waals surface area contributed by atoms with Crippen LogP contribution in [0.5, 0.6) is 5.75 Å². The van der Waals surface area contributed by atoms with Gasteiger partial charge in [-0.25, -0.2) is 0 Å².